The molecule has 0 unspecified atom stereocenters. The summed E-state index contributed by atoms with van der Waals surface area (Å²) in [6.07, 6.45) is 1.79. The maximum atomic E-state index is 13.6. The molecule has 1 heterocycles. The third kappa shape index (κ3) is 5.31. The number of rotatable bonds is 8. The zero-order valence-electron chi connectivity index (χ0n) is 16.7. The van der Waals surface area contributed by atoms with Crippen LogP contribution in [0.15, 0.2) is 30.5 Å². The molecule has 1 aliphatic carbocycles. The summed E-state index contributed by atoms with van der Waals surface area (Å²) < 4.78 is 52.4. The van der Waals surface area contributed by atoms with Crippen LogP contribution in [0.25, 0.3) is 0 Å². The number of halogens is 3. The van der Waals surface area contributed by atoms with Gasteiger partial charge in [0.15, 0.2) is 5.82 Å². The maximum absolute atomic E-state index is 13.6. The third-order valence-corrected chi connectivity index (χ3v) is 4.93. The summed E-state index contributed by atoms with van der Waals surface area (Å²) in [4.78, 5) is 9.33. The fourth-order valence-corrected chi connectivity index (χ4v) is 3.32. The topological polar surface area (TPSA) is 47.5 Å². The lowest BCUT2D eigenvalue weighted by molar-refractivity contribution is -0.137. The van der Waals surface area contributed by atoms with E-state index in [1.54, 1.807) is 31.3 Å². The molecule has 3 rings (SSSR count). The first-order valence-corrected chi connectivity index (χ1v) is 9.96. The normalized spacial score (nSPS) is 14.8. The van der Waals surface area contributed by atoms with Crippen LogP contribution in [0.5, 0.6) is 11.8 Å². The first-order valence-electron chi connectivity index (χ1n) is 9.96. The monoisotopic (exact) mass is 409 g/mol. The number of benzene rings is 1. The zero-order chi connectivity index (χ0) is 20.9. The molecule has 5 nitrogen and oxygen atoms in total. The second-order valence-electron chi connectivity index (χ2n) is 7.14. The molecule has 8 heteroatoms. The molecule has 0 aliphatic heterocycles. The SMILES string of the molecule is CCCCOc1ccccc1N(C)c1nc(OC2CCCC2)ncc1C(F)(F)F. The van der Waals surface area contributed by atoms with E-state index in [9.17, 15) is 13.2 Å². The Morgan fingerprint density at radius 3 is 2.59 bits per heavy atom. The standard InChI is InChI=1S/C21H26F3N3O2/c1-3-4-13-28-18-12-8-7-11-17(18)27(2)19-16(21(22,23)24)14-25-20(26-19)29-15-9-5-6-10-15/h7-8,11-12,14-15H,3-6,9-10,13H2,1-2H3. The van der Waals surface area contributed by atoms with Gasteiger partial charge in [-0.05, 0) is 44.2 Å². The van der Waals surface area contributed by atoms with Crippen molar-refractivity contribution in [3.05, 3.63) is 36.0 Å². The minimum atomic E-state index is -4.59. The molecule has 1 saturated carbocycles. The minimum Gasteiger partial charge on any atom is -0.491 e. The predicted octanol–water partition coefficient (Wildman–Crippen LogP) is 5.76. The second kappa shape index (κ2) is 9.33. The summed E-state index contributed by atoms with van der Waals surface area (Å²) in [6.45, 7) is 2.54. The first kappa shape index (κ1) is 21.2. The quantitative estimate of drug-likeness (QED) is 0.519. The van der Waals surface area contributed by atoms with Crippen LogP contribution in [-0.4, -0.2) is 29.7 Å². The highest BCUT2D eigenvalue weighted by Crippen LogP contribution is 2.40. The number of hydrogen-bond acceptors (Lipinski definition) is 5. The summed E-state index contributed by atoms with van der Waals surface area (Å²) in [7, 11) is 1.54. The van der Waals surface area contributed by atoms with Crippen LogP contribution >= 0.6 is 0 Å². The van der Waals surface area contributed by atoms with Gasteiger partial charge in [-0.1, -0.05) is 25.5 Å². The van der Waals surface area contributed by atoms with E-state index in [4.69, 9.17) is 9.47 Å². The number of nitrogens with zero attached hydrogens (tertiary/aromatic N) is 3. The highest BCUT2D eigenvalue weighted by atomic mass is 19.4. The van der Waals surface area contributed by atoms with Crippen LogP contribution in [0.1, 0.15) is 51.0 Å². The van der Waals surface area contributed by atoms with Gasteiger partial charge >= 0.3 is 12.2 Å². The Hall–Kier alpha value is -2.51. The smallest absolute Gasteiger partial charge is 0.421 e. The molecule has 0 atom stereocenters. The largest absolute Gasteiger partial charge is 0.491 e. The summed E-state index contributed by atoms with van der Waals surface area (Å²) >= 11 is 0. The van der Waals surface area contributed by atoms with E-state index in [1.807, 2.05) is 6.92 Å². The van der Waals surface area contributed by atoms with Crippen molar-refractivity contribution in [2.75, 3.05) is 18.6 Å². The van der Waals surface area contributed by atoms with Gasteiger partial charge in [-0.15, -0.1) is 0 Å². The van der Waals surface area contributed by atoms with E-state index in [0.29, 0.717) is 18.0 Å². The lowest BCUT2D eigenvalue weighted by atomic mass is 10.2. The van der Waals surface area contributed by atoms with Crippen molar-refractivity contribution in [2.24, 2.45) is 0 Å². The van der Waals surface area contributed by atoms with E-state index >= 15 is 0 Å². The van der Waals surface area contributed by atoms with Crippen LogP contribution in [-0.2, 0) is 6.18 Å². The minimum absolute atomic E-state index is 0.0314. The Kier molecular flexibility index (Phi) is 6.82. The van der Waals surface area contributed by atoms with E-state index in [1.165, 1.54) is 4.90 Å². The Labute approximate surface area is 168 Å². The number of alkyl halides is 3. The molecule has 0 N–H and O–H groups in total. The van der Waals surface area contributed by atoms with Gasteiger partial charge in [0.1, 0.15) is 17.4 Å². The molecular weight excluding hydrogens is 383 g/mol. The second-order valence-corrected chi connectivity index (χ2v) is 7.14. The molecule has 1 aromatic heterocycles. The molecular formula is C21H26F3N3O2. The van der Waals surface area contributed by atoms with E-state index in [-0.39, 0.29) is 17.9 Å². The molecule has 1 aromatic carbocycles. The van der Waals surface area contributed by atoms with Crippen LogP contribution in [0.3, 0.4) is 0 Å². The Balaban J connectivity index is 1.94. The van der Waals surface area contributed by atoms with Crippen molar-refractivity contribution in [1.82, 2.24) is 9.97 Å². The molecule has 1 fully saturated rings. The van der Waals surface area contributed by atoms with Crippen molar-refractivity contribution < 1.29 is 22.6 Å². The lowest BCUT2D eigenvalue weighted by Gasteiger charge is -2.25. The molecule has 0 saturated heterocycles. The van der Waals surface area contributed by atoms with E-state index in [0.717, 1.165) is 44.7 Å². The van der Waals surface area contributed by atoms with Gasteiger partial charge in [-0.25, -0.2) is 4.98 Å². The molecule has 2 aromatic rings. The maximum Gasteiger partial charge on any atom is 0.421 e. The number of aromatic nitrogens is 2. The molecule has 0 spiro atoms. The summed E-state index contributed by atoms with van der Waals surface area (Å²) in [6, 6.07) is 6.96. The zero-order valence-corrected chi connectivity index (χ0v) is 16.7. The highest BCUT2D eigenvalue weighted by molar-refractivity contribution is 5.68. The third-order valence-electron chi connectivity index (χ3n) is 4.93. The summed E-state index contributed by atoms with van der Waals surface area (Å²) in [5, 5.41) is 0. The molecule has 0 amide bonds. The van der Waals surface area contributed by atoms with Crippen molar-refractivity contribution in [1.29, 1.82) is 0 Å². The van der Waals surface area contributed by atoms with Gasteiger partial charge in [0.05, 0.1) is 12.3 Å². The van der Waals surface area contributed by atoms with Crippen LogP contribution in [0, 0.1) is 0 Å². The van der Waals surface area contributed by atoms with Gasteiger partial charge in [-0.2, -0.15) is 18.2 Å². The molecule has 29 heavy (non-hydrogen) atoms. The molecule has 0 bridgehead atoms. The van der Waals surface area contributed by atoms with Crippen LogP contribution in [0.4, 0.5) is 24.7 Å². The molecule has 158 valence electrons. The van der Waals surface area contributed by atoms with Gasteiger partial charge in [-0.3, -0.25) is 0 Å². The Bertz CT molecular complexity index is 808. The number of hydrogen-bond donors (Lipinski definition) is 0. The van der Waals surface area contributed by atoms with Crippen LogP contribution < -0.4 is 14.4 Å². The Morgan fingerprint density at radius 2 is 1.90 bits per heavy atom. The van der Waals surface area contributed by atoms with Gasteiger partial charge < -0.3 is 14.4 Å². The van der Waals surface area contributed by atoms with Gasteiger partial charge in [0.2, 0.25) is 0 Å². The average molecular weight is 409 g/mol. The number of para-hydroxylation sites is 2. The van der Waals surface area contributed by atoms with E-state index < -0.39 is 11.7 Å². The lowest BCUT2D eigenvalue weighted by Crippen LogP contribution is -2.21. The molecule has 0 radical (unpaired) electrons. The Morgan fingerprint density at radius 1 is 1.17 bits per heavy atom. The highest BCUT2D eigenvalue weighted by Gasteiger charge is 2.37. The average Bonchev–Trinajstić information content (AvgIpc) is 3.20. The van der Waals surface area contributed by atoms with Crippen molar-refractivity contribution in [3.8, 4) is 11.8 Å². The predicted molar refractivity (Wildman–Crippen MR) is 105 cm³/mol. The van der Waals surface area contributed by atoms with Gasteiger partial charge in [0.25, 0.3) is 0 Å². The number of ether oxygens (including phenoxy) is 2. The summed E-state index contributed by atoms with van der Waals surface area (Å²) in [5.41, 5.74) is -0.415. The number of unbranched alkanes of at least 4 members (excludes halogenated alkanes) is 1. The van der Waals surface area contributed by atoms with Crippen molar-refractivity contribution >= 4 is 11.5 Å². The number of anilines is 2. The van der Waals surface area contributed by atoms with Crippen LogP contribution in [0.2, 0.25) is 0 Å². The fraction of sp³-hybridized carbons (Fsp3) is 0.524. The first-order chi connectivity index (χ1) is 13.9. The fourth-order valence-electron chi connectivity index (χ4n) is 3.32. The summed E-state index contributed by atoms with van der Waals surface area (Å²) in [5.74, 6) is 0.250. The van der Waals surface area contributed by atoms with Crippen molar-refractivity contribution in [3.63, 3.8) is 0 Å². The van der Waals surface area contributed by atoms with Crippen molar-refractivity contribution in [2.45, 2.75) is 57.7 Å². The van der Waals surface area contributed by atoms with E-state index in [2.05, 4.69) is 9.97 Å². The molecule has 1 aliphatic rings. The van der Waals surface area contributed by atoms with Gasteiger partial charge in [0, 0.05) is 13.2 Å².